The van der Waals surface area contributed by atoms with Crippen molar-refractivity contribution in [2.24, 2.45) is 0 Å². The van der Waals surface area contributed by atoms with Gasteiger partial charge in [0.05, 0.1) is 5.69 Å². The normalized spacial score (nSPS) is 11.2. The van der Waals surface area contributed by atoms with Gasteiger partial charge in [0.15, 0.2) is 0 Å². The molecular formula is C19H14Cl2N4OS. The van der Waals surface area contributed by atoms with Crippen LogP contribution >= 0.6 is 35.0 Å². The molecule has 2 heterocycles. The number of aromatic nitrogens is 4. The van der Waals surface area contributed by atoms with E-state index in [-0.39, 0.29) is 5.56 Å². The maximum absolute atomic E-state index is 12.4. The summed E-state index contributed by atoms with van der Waals surface area (Å²) in [7, 11) is 0. The number of H-pyrrole nitrogens is 1. The smallest absolute Gasteiger partial charge is 0.274 e. The molecule has 2 aromatic heterocycles. The standard InChI is InChI=1S/C19H14Cl2N4OS/c20-13-7-14(21)9-16(8-13)27-11-15-10-18(26)25-19(22-15)23-17(24-25)6-12-4-2-1-3-5-12/h1-5,7-10H,6,11H2,(H,22,23,24). The van der Waals surface area contributed by atoms with Gasteiger partial charge >= 0.3 is 0 Å². The molecule has 0 atom stereocenters. The topological polar surface area (TPSA) is 63.0 Å². The number of aromatic amines is 1. The van der Waals surface area contributed by atoms with E-state index in [1.807, 2.05) is 42.5 Å². The van der Waals surface area contributed by atoms with E-state index in [4.69, 9.17) is 23.2 Å². The number of hydrogen-bond acceptors (Lipinski definition) is 4. The van der Waals surface area contributed by atoms with Crippen LogP contribution in [0, 0.1) is 0 Å². The minimum Gasteiger partial charge on any atom is -0.275 e. The van der Waals surface area contributed by atoms with Crippen molar-refractivity contribution in [1.82, 2.24) is 19.6 Å². The lowest BCUT2D eigenvalue weighted by Crippen LogP contribution is -2.15. The second-order valence-electron chi connectivity index (χ2n) is 5.95. The van der Waals surface area contributed by atoms with Crippen molar-refractivity contribution in [3.8, 4) is 0 Å². The molecule has 8 heteroatoms. The molecule has 0 saturated carbocycles. The fraction of sp³-hybridized carbons (Fsp3) is 0.105. The Kier molecular flexibility index (Phi) is 5.20. The number of rotatable bonds is 5. The van der Waals surface area contributed by atoms with Crippen LogP contribution in [0.25, 0.3) is 5.78 Å². The molecule has 0 amide bonds. The first kappa shape index (κ1) is 18.1. The van der Waals surface area contributed by atoms with Gasteiger partial charge in [-0.25, -0.2) is 4.98 Å². The molecule has 4 rings (SSSR count). The molecule has 0 aliphatic carbocycles. The van der Waals surface area contributed by atoms with Crippen LogP contribution in [0.1, 0.15) is 17.1 Å². The number of nitrogens with zero attached hydrogens (tertiary/aromatic N) is 3. The third kappa shape index (κ3) is 4.35. The predicted molar refractivity (Wildman–Crippen MR) is 109 cm³/mol. The Morgan fingerprint density at radius 2 is 1.74 bits per heavy atom. The number of thioether (sulfide) groups is 1. The molecule has 0 aliphatic heterocycles. The fourth-order valence-corrected chi connectivity index (χ4v) is 4.22. The van der Waals surface area contributed by atoms with Crippen molar-refractivity contribution in [3.05, 3.63) is 92.1 Å². The molecule has 0 aliphatic rings. The molecule has 0 unspecified atom stereocenters. The highest BCUT2D eigenvalue weighted by atomic mass is 35.5. The van der Waals surface area contributed by atoms with E-state index in [0.717, 1.165) is 10.5 Å². The van der Waals surface area contributed by atoms with Crippen molar-refractivity contribution in [3.63, 3.8) is 0 Å². The Morgan fingerprint density at radius 3 is 2.48 bits per heavy atom. The van der Waals surface area contributed by atoms with Crippen molar-refractivity contribution in [1.29, 1.82) is 0 Å². The summed E-state index contributed by atoms with van der Waals surface area (Å²) in [6, 6.07) is 16.8. The summed E-state index contributed by atoms with van der Waals surface area (Å²) in [6.45, 7) is 0. The number of hydrogen-bond donors (Lipinski definition) is 1. The number of benzene rings is 2. The van der Waals surface area contributed by atoms with E-state index in [9.17, 15) is 4.79 Å². The average Bonchev–Trinajstić information content (AvgIpc) is 3.03. The summed E-state index contributed by atoms with van der Waals surface area (Å²) in [5.74, 6) is 1.58. The third-order valence-electron chi connectivity index (χ3n) is 3.87. The number of halogens is 2. The largest absolute Gasteiger partial charge is 0.275 e. The zero-order chi connectivity index (χ0) is 18.8. The van der Waals surface area contributed by atoms with E-state index in [1.54, 1.807) is 6.07 Å². The third-order valence-corrected chi connectivity index (χ3v) is 5.31. The summed E-state index contributed by atoms with van der Waals surface area (Å²) in [4.78, 5) is 22.3. The molecule has 1 N–H and O–H groups in total. The second kappa shape index (κ2) is 7.76. The Morgan fingerprint density at radius 1 is 1.00 bits per heavy atom. The van der Waals surface area contributed by atoms with Crippen molar-refractivity contribution in [2.45, 2.75) is 17.1 Å². The van der Waals surface area contributed by atoms with Gasteiger partial charge in [-0.15, -0.1) is 11.8 Å². The summed E-state index contributed by atoms with van der Waals surface area (Å²) >= 11 is 13.6. The zero-order valence-corrected chi connectivity index (χ0v) is 16.4. The summed E-state index contributed by atoms with van der Waals surface area (Å²) in [5, 5.41) is 4.17. The maximum Gasteiger partial charge on any atom is 0.274 e. The van der Waals surface area contributed by atoms with Crippen molar-refractivity contribution in [2.75, 3.05) is 0 Å². The molecular weight excluding hydrogens is 403 g/mol. The molecule has 5 nitrogen and oxygen atoms in total. The minimum absolute atomic E-state index is 0.188. The van der Waals surface area contributed by atoms with E-state index < -0.39 is 0 Å². The molecule has 27 heavy (non-hydrogen) atoms. The van der Waals surface area contributed by atoms with E-state index in [1.165, 1.54) is 22.3 Å². The van der Waals surface area contributed by atoms with E-state index in [2.05, 4.69) is 15.1 Å². The Balaban J connectivity index is 1.56. The maximum atomic E-state index is 12.4. The first-order chi connectivity index (χ1) is 13.1. The fourth-order valence-electron chi connectivity index (χ4n) is 2.68. The van der Waals surface area contributed by atoms with Crippen LogP contribution in [0.3, 0.4) is 0 Å². The molecule has 0 saturated heterocycles. The monoisotopic (exact) mass is 416 g/mol. The van der Waals surface area contributed by atoms with E-state index in [0.29, 0.717) is 39.5 Å². The first-order valence-electron chi connectivity index (χ1n) is 8.17. The molecule has 4 aromatic rings. The van der Waals surface area contributed by atoms with Gasteiger partial charge < -0.3 is 0 Å². The lowest BCUT2D eigenvalue weighted by atomic mass is 10.1. The van der Waals surface area contributed by atoms with Gasteiger partial charge in [0.2, 0.25) is 0 Å². The van der Waals surface area contributed by atoms with Gasteiger partial charge in [-0.3, -0.25) is 9.89 Å². The summed E-state index contributed by atoms with van der Waals surface area (Å²) in [6.07, 6.45) is 0.606. The van der Waals surface area contributed by atoms with Crippen LogP contribution < -0.4 is 5.56 Å². The molecule has 0 fully saturated rings. The molecule has 136 valence electrons. The van der Waals surface area contributed by atoms with E-state index >= 15 is 0 Å². The van der Waals surface area contributed by atoms with Crippen molar-refractivity contribution >= 4 is 40.7 Å². The Bertz CT molecular complexity index is 1140. The molecule has 0 bridgehead atoms. The predicted octanol–water partition coefficient (Wildman–Crippen LogP) is 4.61. The summed E-state index contributed by atoms with van der Waals surface area (Å²) in [5.41, 5.74) is 1.57. The quantitative estimate of drug-likeness (QED) is 0.482. The minimum atomic E-state index is -0.188. The number of nitrogens with one attached hydrogen (secondary N) is 1. The molecule has 2 aromatic carbocycles. The van der Waals surface area contributed by atoms with Crippen LogP contribution in [0.4, 0.5) is 0 Å². The zero-order valence-electron chi connectivity index (χ0n) is 14.0. The van der Waals surface area contributed by atoms with Crippen LogP contribution in [0.15, 0.2) is 64.3 Å². The van der Waals surface area contributed by atoms with Crippen LogP contribution in [-0.2, 0) is 12.2 Å². The van der Waals surface area contributed by atoms with Crippen molar-refractivity contribution < 1.29 is 0 Å². The lowest BCUT2D eigenvalue weighted by molar-refractivity contribution is 0.856. The van der Waals surface area contributed by atoms with Gasteiger partial charge in [-0.2, -0.15) is 9.50 Å². The Labute approximate surface area is 169 Å². The summed E-state index contributed by atoms with van der Waals surface area (Å²) < 4.78 is 1.36. The molecule has 0 radical (unpaired) electrons. The highest BCUT2D eigenvalue weighted by Gasteiger charge is 2.09. The van der Waals surface area contributed by atoms with Gasteiger partial charge in [0.1, 0.15) is 5.82 Å². The van der Waals surface area contributed by atoms with Gasteiger partial charge in [0.25, 0.3) is 11.3 Å². The average molecular weight is 417 g/mol. The SMILES string of the molecule is O=c1cc(CSc2cc(Cl)cc(Cl)c2)nc2nc(Cc3ccccc3)[nH]n12. The first-order valence-corrected chi connectivity index (χ1v) is 9.91. The van der Waals surface area contributed by atoms with Crippen LogP contribution in [-0.4, -0.2) is 19.6 Å². The van der Waals surface area contributed by atoms with Crippen LogP contribution in [0.2, 0.25) is 10.0 Å². The van der Waals surface area contributed by atoms with Gasteiger partial charge in [-0.1, -0.05) is 53.5 Å². The number of fused-ring (bicyclic) bond motifs is 1. The highest BCUT2D eigenvalue weighted by molar-refractivity contribution is 7.98. The van der Waals surface area contributed by atoms with Gasteiger partial charge in [-0.05, 0) is 23.8 Å². The second-order valence-corrected chi connectivity index (χ2v) is 7.87. The molecule has 0 spiro atoms. The van der Waals surface area contributed by atoms with Gasteiger partial charge in [0, 0.05) is 33.2 Å². The lowest BCUT2D eigenvalue weighted by Gasteiger charge is -2.03. The van der Waals surface area contributed by atoms with Crippen LogP contribution in [0.5, 0.6) is 0 Å². The Hall–Kier alpha value is -2.28. The highest BCUT2D eigenvalue weighted by Crippen LogP contribution is 2.28.